The molecular weight excluding hydrogens is 362 g/mol. The summed E-state index contributed by atoms with van der Waals surface area (Å²) in [6, 6.07) is 15.5. The maximum absolute atomic E-state index is 11.7. The third kappa shape index (κ3) is 3.41. The van der Waals surface area contributed by atoms with Crippen LogP contribution in [0.3, 0.4) is 0 Å². The molecule has 4 aromatic rings. The lowest BCUT2D eigenvalue weighted by Gasteiger charge is -2.03. The topological polar surface area (TPSA) is 67.9 Å². The predicted molar refractivity (Wildman–Crippen MR) is 105 cm³/mol. The van der Waals surface area contributed by atoms with Gasteiger partial charge in [-0.05, 0) is 46.5 Å². The summed E-state index contributed by atoms with van der Waals surface area (Å²) in [7, 11) is 1.58. The van der Waals surface area contributed by atoms with E-state index in [0.717, 1.165) is 22.5 Å². The van der Waals surface area contributed by atoms with E-state index in [4.69, 9.17) is 16.3 Å². The number of carbonyl (C=O) groups is 1. The van der Waals surface area contributed by atoms with Crippen LogP contribution >= 0.6 is 11.6 Å². The summed E-state index contributed by atoms with van der Waals surface area (Å²) in [4.78, 5) is 23.6. The fourth-order valence-electron chi connectivity index (χ4n) is 3.07. The number of carbonyl (C=O) groups excluding carboxylic acids is 1. The Balaban J connectivity index is 1.65. The summed E-state index contributed by atoms with van der Waals surface area (Å²) >= 11 is 5.68. The Morgan fingerprint density at radius 1 is 1.11 bits per heavy atom. The molecule has 5 nitrogen and oxygen atoms in total. The zero-order chi connectivity index (χ0) is 18.8. The Morgan fingerprint density at radius 2 is 1.93 bits per heavy atom. The van der Waals surface area contributed by atoms with E-state index < -0.39 is 5.24 Å². The maximum Gasteiger partial charge on any atom is 0.254 e. The standard InChI is InChI=1S/C21H16ClN3O2/c1-27-17-9-8-16(21(22)26)19-20(17)25-18(24-19)11-13-4-6-14(7-5-13)15-3-2-10-23-12-15/h2-10,12H,11H2,1H3,(H,24,25). The average molecular weight is 378 g/mol. The van der Waals surface area contributed by atoms with Crippen LogP contribution in [0.1, 0.15) is 21.7 Å². The van der Waals surface area contributed by atoms with Crippen LogP contribution in [0.25, 0.3) is 22.2 Å². The monoisotopic (exact) mass is 377 g/mol. The summed E-state index contributed by atoms with van der Waals surface area (Å²) in [5.41, 5.74) is 4.83. The lowest BCUT2D eigenvalue weighted by atomic mass is 10.0. The van der Waals surface area contributed by atoms with E-state index >= 15 is 0 Å². The van der Waals surface area contributed by atoms with Gasteiger partial charge in [-0.3, -0.25) is 9.78 Å². The first-order valence-electron chi connectivity index (χ1n) is 8.40. The first kappa shape index (κ1) is 17.2. The van der Waals surface area contributed by atoms with Crippen molar-refractivity contribution < 1.29 is 9.53 Å². The van der Waals surface area contributed by atoms with E-state index in [2.05, 4.69) is 39.2 Å². The highest BCUT2D eigenvalue weighted by atomic mass is 35.5. The SMILES string of the molecule is COc1ccc(C(=O)Cl)c2nc(Cc3ccc(-c4cccnc4)cc3)[nH]c12. The number of nitrogens with zero attached hydrogens (tertiary/aromatic N) is 2. The zero-order valence-corrected chi connectivity index (χ0v) is 15.3. The van der Waals surface area contributed by atoms with Gasteiger partial charge in [0.1, 0.15) is 22.6 Å². The van der Waals surface area contributed by atoms with Crippen LogP contribution in [0.4, 0.5) is 0 Å². The summed E-state index contributed by atoms with van der Waals surface area (Å²) in [5.74, 6) is 1.36. The number of halogens is 1. The van der Waals surface area contributed by atoms with Gasteiger partial charge in [-0.2, -0.15) is 0 Å². The van der Waals surface area contributed by atoms with Gasteiger partial charge in [0, 0.05) is 18.8 Å². The third-order valence-corrected chi connectivity index (χ3v) is 4.61. The molecule has 6 heteroatoms. The largest absolute Gasteiger partial charge is 0.494 e. The molecule has 0 fully saturated rings. The molecule has 2 aromatic heterocycles. The van der Waals surface area contributed by atoms with Crippen LogP contribution in [0.15, 0.2) is 60.9 Å². The lowest BCUT2D eigenvalue weighted by molar-refractivity contribution is 0.108. The van der Waals surface area contributed by atoms with Crippen molar-refractivity contribution in [2.45, 2.75) is 6.42 Å². The summed E-state index contributed by atoms with van der Waals surface area (Å²) in [5, 5.41) is -0.540. The van der Waals surface area contributed by atoms with Gasteiger partial charge in [0.25, 0.3) is 5.24 Å². The second-order valence-corrected chi connectivity index (χ2v) is 6.45. The van der Waals surface area contributed by atoms with Gasteiger partial charge in [-0.1, -0.05) is 30.3 Å². The van der Waals surface area contributed by atoms with Crippen molar-refractivity contribution in [3.05, 3.63) is 77.9 Å². The highest BCUT2D eigenvalue weighted by molar-refractivity contribution is 6.68. The summed E-state index contributed by atoms with van der Waals surface area (Å²) in [6.45, 7) is 0. The molecule has 2 aromatic carbocycles. The quantitative estimate of drug-likeness (QED) is 0.516. The number of imidazole rings is 1. The molecule has 0 atom stereocenters. The summed E-state index contributed by atoms with van der Waals surface area (Å²) in [6.07, 6.45) is 4.19. The van der Waals surface area contributed by atoms with Gasteiger partial charge in [0.2, 0.25) is 0 Å². The van der Waals surface area contributed by atoms with Crippen molar-refractivity contribution in [2.75, 3.05) is 7.11 Å². The third-order valence-electron chi connectivity index (χ3n) is 4.41. The molecular formula is C21H16ClN3O2. The van der Waals surface area contributed by atoms with Crippen molar-refractivity contribution in [1.29, 1.82) is 0 Å². The molecule has 4 rings (SSSR count). The van der Waals surface area contributed by atoms with Crippen LogP contribution in [-0.2, 0) is 6.42 Å². The molecule has 0 aliphatic rings. The lowest BCUT2D eigenvalue weighted by Crippen LogP contribution is -1.93. The second-order valence-electron chi connectivity index (χ2n) is 6.11. The molecule has 27 heavy (non-hydrogen) atoms. The average Bonchev–Trinajstić information content (AvgIpc) is 3.11. The Morgan fingerprint density at radius 3 is 2.59 bits per heavy atom. The second kappa shape index (κ2) is 7.21. The van der Waals surface area contributed by atoms with E-state index in [-0.39, 0.29) is 0 Å². The number of methoxy groups -OCH3 is 1. The van der Waals surface area contributed by atoms with Crippen LogP contribution in [0.2, 0.25) is 0 Å². The number of pyridine rings is 1. The molecule has 2 heterocycles. The minimum absolute atomic E-state index is 0.363. The predicted octanol–water partition coefficient (Wildman–Crippen LogP) is 4.60. The minimum Gasteiger partial charge on any atom is -0.494 e. The van der Waals surface area contributed by atoms with Crippen molar-refractivity contribution in [3.63, 3.8) is 0 Å². The van der Waals surface area contributed by atoms with Crippen LogP contribution < -0.4 is 4.74 Å². The van der Waals surface area contributed by atoms with Crippen molar-refractivity contribution in [3.8, 4) is 16.9 Å². The Hall–Kier alpha value is -3.18. The van der Waals surface area contributed by atoms with E-state index in [0.29, 0.717) is 28.8 Å². The molecule has 1 N–H and O–H groups in total. The maximum atomic E-state index is 11.7. The molecule has 0 aliphatic carbocycles. The molecule has 0 bridgehead atoms. The number of aromatic nitrogens is 3. The highest BCUT2D eigenvalue weighted by Gasteiger charge is 2.16. The number of ether oxygens (including phenoxy) is 1. The van der Waals surface area contributed by atoms with Crippen LogP contribution in [-0.4, -0.2) is 27.3 Å². The number of hydrogen-bond acceptors (Lipinski definition) is 4. The molecule has 0 spiro atoms. The van der Waals surface area contributed by atoms with Gasteiger partial charge in [-0.15, -0.1) is 0 Å². The Bertz CT molecular complexity index is 1110. The van der Waals surface area contributed by atoms with Gasteiger partial charge >= 0.3 is 0 Å². The molecule has 0 amide bonds. The van der Waals surface area contributed by atoms with Crippen LogP contribution in [0.5, 0.6) is 5.75 Å². The van der Waals surface area contributed by atoms with Crippen molar-refractivity contribution >= 4 is 27.9 Å². The number of hydrogen-bond donors (Lipinski definition) is 1. The number of benzene rings is 2. The fourth-order valence-corrected chi connectivity index (χ4v) is 3.22. The number of H-pyrrole nitrogens is 1. The number of rotatable bonds is 5. The Labute approximate surface area is 161 Å². The Kier molecular flexibility index (Phi) is 4.60. The molecule has 0 saturated heterocycles. The van der Waals surface area contributed by atoms with Gasteiger partial charge in [-0.25, -0.2) is 4.98 Å². The van der Waals surface area contributed by atoms with Gasteiger partial charge < -0.3 is 9.72 Å². The molecule has 0 aliphatic heterocycles. The number of nitrogens with one attached hydrogen (secondary N) is 1. The van der Waals surface area contributed by atoms with E-state index in [1.165, 1.54) is 0 Å². The van der Waals surface area contributed by atoms with Gasteiger partial charge in [0.15, 0.2) is 0 Å². The molecule has 0 radical (unpaired) electrons. The first-order chi connectivity index (χ1) is 13.2. The fraction of sp³-hybridized carbons (Fsp3) is 0.0952. The molecule has 134 valence electrons. The first-order valence-corrected chi connectivity index (χ1v) is 8.78. The molecule has 0 saturated carbocycles. The van der Waals surface area contributed by atoms with E-state index in [1.54, 1.807) is 25.4 Å². The molecule has 0 unspecified atom stereocenters. The summed E-state index contributed by atoms with van der Waals surface area (Å²) < 4.78 is 5.36. The number of fused-ring (bicyclic) bond motifs is 1. The van der Waals surface area contributed by atoms with E-state index in [1.807, 2.05) is 18.3 Å². The van der Waals surface area contributed by atoms with E-state index in [9.17, 15) is 4.79 Å². The van der Waals surface area contributed by atoms with Crippen LogP contribution in [0, 0.1) is 0 Å². The normalized spacial score (nSPS) is 10.9. The minimum atomic E-state index is -0.540. The smallest absolute Gasteiger partial charge is 0.254 e. The zero-order valence-electron chi connectivity index (χ0n) is 14.6. The highest BCUT2D eigenvalue weighted by Crippen LogP contribution is 2.28. The van der Waals surface area contributed by atoms with Crippen molar-refractivity contribution in [1.82, 2.24) is 15.0 Å². The van der Waals surface area contributed by atoms with Gasteiger partial charge in [0.05, 0.1) is 12.7 Å². The number of aromatic amines is 1. The van der Waals surface area contributed by atoms with Crippen molar-refractivity contribution in [2.24, 2.45) is 0 Å².